The lowest BCUT2D eigenvalue weighted by molar-refractivity contribution is -0.136. The van der Waals surface area contributed by atoms with Crippen LogP contribution in [-0.2, 0) is 4.79 Å². The molecule has 0 amide bonds. The van der Waals surface area contributed by atoms with Crippen molar-refractivity contribution in [3.8, 4) is 11.1 Å². The number of hydrogen-bond acceptors (Lipinski definition) is 2. The number of aliphatic carboxylic acids is 1. The van der Waals surface area contributed by atoms with E-state index in [2.05, 4.69) is 17.1 Å². The lowest BCUT2D eigenvalue weighted by Crippen LogP contribution is -2.03. The highest BCUT2D eigenvalue weighted by Gasteiger charge is 2.23. The summed E-state index contributed by atoms with van der Waals surface area (Å²) in [4.78, 5) is 15.1. The van der Waals surface area contributed by atoms with Gasteiger partial charge in [-0.1, -0.05) is 48.5 Å². The van der Waals surface area contributed by atoms with Crippen LogP contribution in [0.15, 0.2) is 53.5 Å². The maximum absolute atomic E-state index is 10.6. The zero-order chi connectivity index (χ0) is 13.2. The predicted octanol–water partition coefficient (Wildman–Crippen LogP) is 2.98. The van der Waals surface area contributed by atoms with Gasteiger partial charge in [-0.3, -0.25) is 9.79 Å². The van der Waals surface area contributed by atoms with E-state index in [0.717, 1.165) is 16.8 Å². The number of aliphatic imine (C=N–C) groups is 1. The van der Waals surface area contributed by atoms with Crippen molar-refractivity contribution in [2.75, 3.05) is 6.54 Å². The molecule has 0 atom stereocenters. The SMILES string of the molecule is O=C(O)CCN=C1c2ccccc2-c2ccccc21. The van der Waals surface area contributed by atoms with Crippen LogP contribution in [-0.4, -0.2) is 23.3 Å². The first-order valence-corrected chi connectivity index (χ1v) is 6.23. The van der Waals surface area contributed by atoms with E-state index in [-0.39, 0.29) is 6.42 Å². The Bertz CT molecular complexity index is 626. The van der Waals surface area contributed by atoms with Gasteiger partial charge < -0.3 is 5.11 Å². The Morgan fingerprint density at radius 1 is 0.895 bits per heavy atom. The van der Waals surface area contributed by atoms with Gasteiger partial charge in [0.25, 0.3) is 0 Å². The van der Waals surface area contributed by atoms with E-state index in [1.165, 1.54) is 11.1 Å². The van der Waals surface area contributed by atoms with Crippen LogP contribution in [0, 0.1) is 0 Å². The van der Waals surface area contributed by atoms with Crippen LogP contribution in [0.1, 0.15) is 17.5 Å². The summed E-state index contributed by atoms with van der Waals surface area (Å²) in [5.41, 5.74) is 5.44. The third kappa shape index (κ3) is 2.03. The van der Waals surface area contributed by atoms with E-state index in [4.69, 9.17) is 5.11 Å². The average molecular weight is 251 g/mol. The first kappa shape index (κ1) is 11.7. The van der Waals surface area contributed by atoms with E-state index in [1.54, 1.807) is 0 Å². The van der Waals surface area contributed by atoms with Crippen LogP contribution < -0.4 is 0 Å². The van der Waals surface area contributed by atoms with Gasteiger partial charge >= 0.3 is 5.97 Å². The summed E-state index contributed by atoms with van der Waals surface area (Å²) in [6.07, 6.45) is 0.0633. The molecule has 3 rings (SSSR count). The zero-order valence-corrected chi connectivity index (χ0v) is 10.3. The van der Waals surface area contributed by atoms with Crippen molar-refractivity contribution in [2.45, 2.75) is 6.42 Å². The van der Waals surface area contributed by atoms with Crippen LogP contribution in [0.3, 0.4) is 0 Å². The van der Waals surface area contributed by atoms with Crippen molar-refractivity contribution < 1.29 is 9.90 Å². The summed E-state index contributed by atoms with van der Waals surface area (Å²) in [6.45, 7) is 0.313. The standard InChI is InChI=1S/C16H13NO2/c18-15(19)9-10-17-16-13-7-3-1-5-11(13)12-6-2-4-8-14(12)16/h1-8H,9-10H2,(H,18,19). The van der Waals surface area contributed by atoms with Gasteiger partial charge in [0, 0.05) is 11.1 Å². The second-order valence-corrected chi connectivity index (χ2v) is 4.47. The lowest BCUT2D eigenvalue weighted by Gasteiger charge is -2.01. The second kappa shape index (κ2) is 4.69. The van der Waals surface area contributed by atoms with Gasteiger partial charge in [-0.2, -0.15) is 0 Å². The molecule has 0 spiro atoms. The summed E-state index contributed by atoms with van der Waals surface area (Å²) in [6, 6.07) is 16.2. The molecular formula is C16H13NO2. The highest BCUT2D eigenvalue weighted by molar-refractivity contribution is 6.24. The number of carboxylic acids is 1. The first-order valence-electron chi connectivity index (χ1n) is 6.23. The summed E-state index contributed by atoms with van der Waals surface area (Å²) in [5.74, 6) is -0.816. The van der Waals surface area contributed by atoms with Crippen molar-refractivity contribution in [1.82, 2.24) is 0 Å². The molecule has 0 saturated carbocycles. The van der Waals surface area contributed by atoms with Gasteiger partial charge in [0.2, 0.25) is 0 Å². The molecule has 3 nitrogen and oxygen atoms in total. The normalized spacial score (nSPS) is 11.9. The van der Waals surface area contributed by atoms with Gasteiger partial charge in [0.1, 0.15) is 0 Å². The number of benzene rings is 2. The second-order valence-electron chi connectivity index (χ2n) is 4.47. The molecule has 1 aliphatic rings. The molecule has 0 unspecified atom stereocenters. The molecule has 0 aliphatic heterocycles. The van der Waals surface area contributed by atoms with Gasteiger partial charge in [0.15, 0.2) is 0 Å². The van der Waals surface area contributed by atoms with E-state index < -0.39 is 5.97 Å². The molecule has 0 saturated heterocycles. The minimum atomic E-state index is -0.816. The average Bonchev–Trinajstić information content (AvgIpc) is 2.74. The Morgan fingerprint density at radius 3 is 1.84 bits per heavy atom. The molecule has 0 radical (unpaired) electrons. The molecule has 0 aromatic heterocycles. The fraction of sp³-hybridized carbons (Fsp3) is 0.125. The third-order valence-electron chi connectivity index (χ3n) is 3.25. The monoisotopic (exact) mass is 251 g/mol. The first-order chi connectivity index (χ1) is 9.27. The molecule has 2 aromatic rings. The van der Waals surface area contributed by atoms with Crippen molar-refractivity contribution in [3.63, 3.8) is 0 Å². The Hall–Kier alpha value is -2.42. The molecule has 19 heavy (non-hydrogen) atoms. The van der Waals surface area contributed by atoms with Crippen LogP contribution >= 0.6 is 0 Å². The quantitative estimate of drug-likeness (QED) is 0.778. The number of hydrogen-bond donors (Lipinski definition) is 1. The topological polar surface area (TPSA) is 49.7 Å². The fourth-order valence-electron chi connectivity index (χ4n) is 2.43. The fourth-order valence-corrected chi connectivity index (χ4v) is 2.43. The lowest BCUT2D eigenvalue weighted by atomic mass is 10.1. The summed E-state index contributed by atoms with van der Waals surface area (Å²) in [5, 5.41) is 8.71. The molecule has 1 N–H and O–H groups in total. The molecule has 0 heterocycles. The number of carbonyl (C=O) groups is 1. The van der Waals surface area contributed by atoms with Crippen molar-refractivity contribution >= 4 is 11.7 Å². The summed E-state index contributed by atoms with van der Waals surface area (Å²) in [7, 11) is 0. The highest BCUT2D eigenvalue weighted by Crippen LogP contribution is 2.36. The molecule has 1 aliphatic carbocycles. The maximum atomic E-state index is 10.6. The Labute approximate surface area is 111 Å². The minimum Gasteiger partial charge on any atom is -0.481 e. The van der Waals surface area contributed by atoms with Gasteiger partial charge in [-0.15, -0.1) is 0 Å². The van der Waals surface area contributed by atoms with Crippen LogP contribution in [0.5, 0.6) is 0 Å². The number of nitrogens with zero attached hydrogens (tertiary/aromatic N) is 1. The zero-order valence-electron chi connectivity index (χ0n) is 10.3. The summed E-state index contributed by atoms with van der Waals surface area (Å²) < 4.78 is 0. The number of carboxylic acid groups (broad SMARTS) is 1. The van der Waals surface area contributed by atoms with Gasteiger partial charge in [-0.25, -0.2) is 0 Å². The van der Waals surface area contributed by atoms with E-state index in [1.807, 2.05) is 36.4 Å². The van der Waals surface area contributed by atoms with Gasteiger partial charge in [-0.05, 0) is 11.1 Å². The highest BCUT2D eigenvalue weighted by atomic mass is 16.4. The van der Waals surface area contributed by atoms with Crippen LogP contribution in [0.2, 0.25) is 0 Å². The minimum absolute atomic E-state index is 0.0633. The number of rotatable bonds is 3. The predicted molar refractivity (Wildman–Crippen MR) is 74.6 cm³/mol. The Kier molecular flexibility index (Phi) is 2.88. The molecule has 3 heteroatoms. The molecular weight excluding hydrogens is 238 g/mol. The molecule has 94 valence electrons. The Balaban J connectivity index is 2.07. The Morgan fingerprint density at radius 2 is 1.37 bits per heavy atom. The molecule has 0 bridgehead atoms. The summed E-state index contributed by atoms with van der Waals surface area (Å²) >= 11 is 0. The smallest absolute Gasteiger partial charge is 0.305 e. The van der Waals surface area contributed by atoms with Crippen molar-refractivity contribution in [1.29, 1.82) is 0 Å². The van der Waals surface area contributed by atoms with Crippen molar-refractivity contribution in [2.24, 2.45) is 4.99 Å². The number of fused-ring (bicyclic) bond motifs is 3. The third-order valence-corrected chi connectivity index (χ3v) is 3.25. The molecule has 2 aromatic carbocycles. The molecule has 0 fully saturated rings. The van der Waals surface area contributed by atoms with Crippen molar-refractivity contribution in [3.05, 3.63) is 59.7 Å². The van der Waals surface area contributed by atoms with E-state index in [9.17, 15) is 4.79 Å². The van der Waals surface area contributed by atoms with E-state index >= 15 is 0 Å². The largest absolute Gasteiger partial charge is 0.481 e. The van der Waals surface area contributed by atoms with Gasteiger partial charge in [0.05, 0.1) is 18.7 Å². The van der Waals surface area contributed by atoms with E-state index in [0.29, 0.717) is 6.54 Å². The van der Waals surface area contributed by atoms with Crippen LogP contribution in [0.4, 0.5) is 0 Å². The maximum Gasteiger partial charge on any atom is 0.305 e. The van der Waals surface area contributed by atoms with Crippen LogP contribution in [0.25, 0.3) is 11.1 Å².